The smallest absolute Gasteiger partial charge is 0.349 e. The minimum atomic E-state index is -0.555. The number of hydrogen-bond acceptors (Lipinski definition) is 5. The molecule has 114 valence electrons. The first-order valence-electron chi connectivity index (χ1n) is 6.30. The molecule has 0 aliphatic heterocycles. The number of benzene rings is 2. The van der Waals surface area contributed by atoms with E-state index in [1.54, 1.807) is 31.2 Å². The van der Waals surface area contributed by atoms with E-state index in [0.29, 0.717) is 17.1 Å². The van der Waals surface area contributed by atoms with E-state index >= 15 is 0 Å². The van der Waals surface area contributed by atoms with Crippen molar-refractivity contribution in [3.63, 3.8) is 0 Å². The van der Waals surface area contributed by atoms with Crippen molar-refractivity contribution in [2.75, 3.05) is 6.61 Å². The van der Waals surface area contributed by atoms with Gasteiger partial charge in [-0.1, -0.05) is 15.9 Å². The molecule has 22 heavy (non-hydrogen) atoms. The van der Waals surface area contributed by atoms with E-state index in [1.807, 2.05) is 0 Å². The molecule has 0 saturated heterocycles. The maximum absolute atomic E-state index is 11.7. The van der Waals surface area contributed by atoms with Gasteiger partial charge in [0.05, 0.1) is 4.92 Å². The standard InChI is InChI=1S/C15H12BrNO5/c1-10-8-12(17(19)20)4-7-14(10)21-9-15(18)22-13-5-2-11(16)3-6-13/h2-8H,9H2,1H3. The zero-order valence-electron chi connectivity index (χ0n) is 11.6. The lowest BCUT2D eigenvalue weighted by molar-refractivity contribution is -0.384. The summed E-state index contributed by atoms with van der Waals surface area (Å²) < 4.78 is 11.3. The number of non-ortho nitro benzene ring substituents is 1. The van der Waals surface area contributed by atoms with Gasteiger partial charge in [-0.05, 0) is 42.8 Å². The molecule has 2 aromatic carbocycles. The Morgan fingerprint density at radius 2 is 1.91 bits per heavy atom. The molecule has 0 fully saturated rings. The van der Waals surface area contributed by atoms with Crippen molar-refractivity contribution >= 4 is 27.6 Å². The molecule has 0 spiro atoms. The first kappa shape index (κ1) is 16.0. The summed E-state index contributed by atoms with van der Waals surface area (Å²) >= 11 is 3.28. The van der Waals surface area contributed by atoms with Gasteiger partial charge in [0, 0.05) is 16.6 Å². The summed E-state index contributed by atoms with van der Waals surface area (Å²) in [4.78, 5) is 21.8. The summed E-state index contributed by atoms with van der Waals surface area (Å²) in [5.74, 6) is 0.260. The van der Waals surface area contributed by atoms with Crippen LogP contribution in [0.25, 0.3) is 0 Å². The summed E-state index contributed by atoms with van der Waals surface area (Å²) in [5.41, 5.74) is 0.549. The van der Waals surface area contributed by atoms with Crippen molar-refractivity contribution in [3.8, 4) is 11.5 Å². The van der Waals surface area contributed by atoms with Gasteiger partial charge in [0.1, 0.15) is 11.5 Å². The number of rotatable bonds is 5. The molecule has 6 nitrogen and oxygen atoms in total. The number of nitrogens with zero attached hydrogens (tertiary/aromatic N) is 1. The number of halogens is 1. The topological polar surface area (TPSA) is 78.7 Å². The van der Waals surface area contributed by atoms with E-state index < -0.39 is 10.9 Å². The molecule has 0 bridgehead atoms. The number of hydrogen-bond donors (Lipinski definition) is 0. The number of nitro benzene ring substituents is 1. The van der Waals surface area contributed by atoms with E-state index in [0.717, 1.165) is 4.47 Å². The first-order valence-corrected chi connectivity index (χ1v) is 7.09. The lowest BCUT2D eigenvalue weighted by Crippen LogP contribution is -2.18. The Labute approximate surface area is 134 Å². The van der Waals surface area contributed by atoms with Crippen LogP contribution in [0.15, 0.2) is 46.9 Å². The summed E-state index contributed by atoms with van der Waals surface area (Å²) in [6.07, 6.45) is 0. The maximum Gasteiger partial charge on any atom is 0.349 e. The van der Waals surface area contributed by atoms with Crippen molar-refractivity contribution in [2.45, 2.75) is 6.92 Å². The normalized spacial score (nSPS) is 10.1. The van der Waals surface area contributed by atoms with Crippen molar-refractivity contribution in [2.24, 2.45) is 0 Å². The molecule has 0 heterocycles. The highest BCUT2D eigenvalue weighted by Gasteiger charge is 2.11. The number of carbonyl (C=O) groups is 1. The fourth-order valence-electron chi connectivity index (χ4n) is 1.71. The second-order valence-corrected chi connectivity index (χ2v) is 5.34. The summed E-state index contributed by atoms with van der Waals surface area (Å²) in [7, 11) is 0. The number of ether oxygens (including phenoxy) is 2. The maximum atomic E-state index is 11.7. The summed E-state index contributed by atoms with van der Waals surface area (Å²) in [6.45, 7) is 1.39. The minimum Gasteiger partial charge on any atom is -0.482 e. The second kappa shape index (κ2) is 7.04. The second-order valence-electron chi connectivity index (χ2n) is 4.42. The number of aryl methyl sites for hydroxylation is 1. The van der Waals surface area contributed by atoms with Gasteiger partial charge in [0.15, 0.2) is 6.61 Å². The Morgan fingerprint density at radius 3 is 2.50 bits per heavy atom. The Balaban J connectivity index is 1.93. The van der Waals surface area contributed by atoms with Crippen LogP contribution in [0.1, 0.15) is 5.56 Å². The van der Waals surface area contributed by atoms with E-state index in [-0.39, 0.29) is 12.3 Å². The Morgan fingerprint density at radius 1 is 1.23 bits per heavy atom. The number of nitro groups is 1. The van der Waals surface area contributed by atoms with Gasteiger partial charge in [-0.15, -0.1) is 0 Å². The lowest BCUT2D eigenvalue weighted by Gasteiger charge is -2.09. The SMILES string of the molecule is Cc1cc([N+](=O)[O-])ccc1OCC(=O)Oc1ccc(Br)cc1. The molecule has 0 aromatic heterocycles. The molecule has 2 aromatic rings. The fourth-order valence-corrected chi connectivity index (χ4v) is 1.97. The molecule has 0 N–H and O–H groups in total. The van der Waals surface area contributed by atoms with Gasteiger partial charge in [-0.25, -0.2) is 4.79 Å². The van der Waals surface area contributed by atoms with Crippen LogP contribution in [0.2, 0.25) is 0 Å². The molecular formula is C15H12BrNO5. The zero-order valence-corrected chi connectivity index (χ0v) is 13.2. The molecule has 2 rings (SSSR count). The monoisotopic (exact) mass is 365 g/mol. The Kier molecular flexibility index (Phi) is 5.11. The lowest BCUT2D eigenvalue weighted by atomic mass is 10.2. The molecule has 7 heteroatoms. The third-order valence-electron chi connectivity index (χ3n) is 2.76. The van der Waals surface area contributed by atoms with Crippen LogP contribution < -0.4 is 9.47 Å². The quantitative estimate of drug-likeness (QED) is 0.349. The predicted molar refractivity (Wildman–Crippen MR) is 83.1 cm³/mol. The highest BCUT2D eigenvalue weighted by molar-refractivity contribution is 9.10. The number of carbonyl (C=O) groups excluding carboxylic acids is 1. The molecule has 0 atom stereocenters. The van der Waals surface area contributed by atoms with E-state index in [9.17, 15) is 14.9 Å². The van der Waals surface area contributed by atoms with Gasteiger partial charge in [-0.2, -0.15) is 0 Å². The van der Waals surface area contributed by atoms with Crippen LogP contribution >= 0.6 is 15.9 Å². The van der Waals surface area contributed by atoms with Gasteiger partial charge in [0.25, 0.3) is 5.69 Å². The first-order chi connectivity index (χ1) is 10.5. The third kappa shape index (κ3) is 4.29. The van der Waals surface area contributed by atoms with Gasteiger partial charge in [-0.3, -0.25) is 10.1 Å². The minimum absolute atomic E-state index is 0.0257. The molecule has 0 radical (unpaired) electrons. The average Bonchev–Trinajstić information content (AvgIpc) is 2.48. The van der Waals surface area contributed by atoms with E-state index in [4.69, 9.17) is 9.47 Å². The van der Waals surface area contributed by atoms with Gasteiger partial charge in [0.2, 0.25) is 0 Å². The van der Waals surface area contributed by atoms with Crippen molar-refractivity contribution in [3.05, 3.63) is 62.6 Å². The average molecular weight is 366 g/mol. The summed E-state index contributed by atoms with van der Waals surface area (Å²) in [5, 5.41) is 10.6. The van der Waals surface area contributed by atoms with Crippen LogP contribution in [0.3, 0.4) is 0 Å². The summed E-state index contributed by atoms with van der Waals surface area (Å²) in [6, 6.07) is 11.0. The Hall–Kier alpha value is -2.41. The van der Waals surface area contributed by atoms with Crippen molar-refractivity contribution in [1.29, 1.82) is 0 Å². The highest BCUT2D eigenvalue weighted by atomic mass is 79.9. The predicted octanol–water partition coefficient (Wildman–Crippen LogP) is 3.65. The zero-order chi connectivity index (χ0) is 16.1. The van der Waals surface area contributed by atoms with Gasteiger partial charge < -0.3 is 9.47 Å². The number of esters is 1. The van der Waals surface area contributed by atoms with Crippen molar-refractivity contribution in [1.82, 2.24) is 0 Å². The molecule has 0 saturated carbocycles. The highest BCUT2D eigenvalue weighted by Crippen LogP contribution is 2.23. The van der Waals surface area contributed by atoms with E-state index in [2.05, 4.69) is 15.9 Å². The molecule has 0 aliphatic carbocycles. The molecule has 0 aliphatic rings. The van der Waals surface area contributed by atoms with Crippen LogP contribution in [0.4, 0.5) is 5.69 Å². The Bertz CT molecular complexity index is 700. The van der Waals surface area contributed by atoms with Crippen LogP contribution in [-0.2, 0) is 4.79 Å². The third-order valence-corrected chi connectivity index (χ3v) is 3.29. The fraction of sp³-hybridized carbons (Fsp3) is 0.133. The molecular weight excluding hydrogens is 354 g/mol. The van der Waals surface area contributed by atoms with E-state index in [1.165, 1.54) is 18.2 Å². The van der Waals surface area contributed by atoms with Crippen LogP contribution in [0.5, 0.6) is 11.5 Å². The van der Waals surface area contributed by atoms with Crippen LogP contribution in [-0.4, -0.2) is 17.5 Å². The van der Waals surface area contributed by atoms with Gasteiger partial charge >= 0.3 is 5.97 Å². The van der Waals surface area contributed by atoms with Crippen LogP contribution in [0, 0.1) is 17.0 Å². The molecule has 0 unspecified atom stereocenters. The molecule has 0 amide bonds. The van der Waals surface area contributed by atoms with Crippen molar-refractivity contribution < 1.29 is 19.2 Å². The largest absolute Gasteiger partial charge is 0.482 e.